The summed E-state index contributed by atoms with van der Waals surface area (Å²) < 4.78 is 11.3. The molecule has 3 aromatic rings. The lowest BCUT2D eigenvalue weighted by Crippen LogP contribution is -1.97. The average Bonchev–Trinajstić information content (AvgIpc) is 3.10. The molecule has 1 aromatic carbocycles. The number of ether oxygens (including phenoxy) is 1. The molecule has 114 valence electrons. The predicted molar refractivity (Wildman–Crippen MR) is 83.0 cm³/mol. The summed E-state index contributed by atoms with van der Waals surface area (Å²) in [4.78, 5) is 14.7. The standard InChI is InChI=1S/C14H13N3O4S/c1-20-8-11-4-3-10(21-11)7-15-14-16-12-5-2-9(17(18)19)6-13(12)22-14/h2-6H,7-8H2,1H3,(H,15,16). The van der Waals surface area contributed by atoms with Gasteiger partial charge in [-0.1, -0.05) is 11.3 Å². The minimum absolute atomic E-state index is 0.0675. The summed E-state index contributed by atoms with van der Waals surface area (Å²) in [6, 6.07) is 8.37. The molecule has 0 aliphatic rings. The van der Waals surface area contributed by atoms with Gasteiger partial charge in [0, 0.05) is 19.2 Å². The summed E-state index contributed by atoms with van der Waals surface area (Å²) in [5.41, 5.74) is 0.801. The first kappa shape index (κ1) is 14.5. The molecule has 0 unspecified atom stereocenters. The lowest BCUT2D eigenvalue weighted by Gasteiger charge is -1.98. The van der Waals surface area contributed by atoms with Gasteiger partial charge in [0.25, 0.3) is 5.69 Å². The van der Waals surface area contributed by atoms with E-state index >= 15 is 0 Å². The topological polar surface area (TPSA) is 90.4 Å². The second-order valence-electron chi connectivity index (χ2n) is 4.58. The number of anilines is 1. The molecule has 0 fully saturated rings. The Balaban J connectivity index is 1.71. The van der Waals surface area contributed by atoms with Crippen LogP contribution in [0.15, 0.2) is 34.7 Å². The Morgan fingerprint density at radius 2 is 2.18 bits per heavy atom. The Morgan fingerprint density at radius 3 is 2.95 bits per heavy atom. The molecule has 0 amide bonds. The number of nitro benzene ring substituents is 1. The molecule has 0 aliphatic heterocycles. The normalized spacial score (nSPS) is 11.0. The average molecular weight is 319 g/mol. The van der Waals surface area contributed by atoms with Crippen molar-refractivity contribution in [3.63, 3.8) is 0 Å². The van der Waals surface area contributed by atoms with Crippen LogP contribution < -0.4 is 5.32 Å². The Bertz CT molecular complexity index is 811. The number of benzene rings is 1. The van der Waals surface area contributed by atoms with Crippen LogP contribution in [0.2, 0.25) is 0 Å². The van der Waals surface area contributed by atoms with Gasteiger partial charge >= 0.3 is 0 Å². The summed E-state index contributed by atoms with van der Waals surface area (Å²) in [6.07, 6.45) is 0. The molecule has 2 heterocycles. The van der Waals surface area contributed by atoms with E-state index in [1.165, 1.54) is 23.5 Å². The number of methoxy groups -OCH3 is 1. The van der Waals surface area contributed by atoms with Crippen molar-refractivity contribution in [2.24, 2.45) is 0 Å². The van der Waals surface area contributed by atoms with E-state index in [0.717, 1.165) is 21.7 Å². The summed E-state index contributed by atoms with van der Waals surface area (Å²) >= 11 is 1.37. The van der Waals surface area contributed by atoms with Crippen LogP contribution in [0.3, 0.4) is 0 Å². The van der Waals surface area contributed by atoms with Gasteiger partial charge in [0.15, 0.2) is 5.13 Å². The molecule has 22 heavy (non-hydrogen) atoms. The number of nitrogens with zero attached hydrogens (tertiary/aromatic N) is 2. The van der Waals surface area contributed by atoms with Crippen LogP contribution in [0.4, 0.5) is 10.8 Å². The van der Waals surface area contributed by atoms with Gasteiger partial charge in [-0.3, -0.25) is 10.1 Å². The fourth-order valence-corrected chi connectivity index (χ4v) is 2.90. The van der Waals surface area contributed by atoms with Crippen molar-refractivity contribution in [1.82, 2.24) is 4.98 Å². The fraction of sp³-hybridized carbons (Fsp3) is 0.214. The van der Waals surface area contributed by atoms with E-state index in [2.05, 4.69) is 10.3 Å². The van der Waals surface area contributed by atoms with Gasteiger partial charge in [-0.05, 0) is 18.2 Å². The predicted octanol–water partition coefficient (Wildman–Crippen LogP) is 3.56. The molecule has 0 spiro atoms. The Labute approximate surface area is 129 Å². The van der Waals surface area contributed by atoms with Crippen molar-refractivity contribution in [2.75, 3.05) is 12.4 Å². The van der Waals surface area contributed by atoms with E-state index < -0.39 is 4.92 Å². The van der Waals surface area contributed by atoms with E-state index in [-0.39, 0.29) is 5.69 Å². The number of nitro groups is 1. The minimum Gasteiger partial charge on any atom is -0.462 e. The van der Waals surface area contributed by atoms with E-state index in [0.29, 0.717) is 18.3 Å². The van der Waals surface area contributed by atoms with Gasteiger partial charge in [0.05, 0.1) is 21.7 Å². The number of hydrogen-bond acceptors (Lipinski definition) is 7. The highest BCUT2D eigenvalue weighted by atomic mass is 32.1. The number of aromatic nitrogens is 1. The van der Waals surface area contributed by atoms with Gasteiger partial charge in [0.2, 0.25) is 0 Å². The van der Waals surface area contributed by atoms with Crippen molar-refractivity contribution in [3.8, 4) is 0 Å². The maximum atomic E-state index is 10.8. The van der Waals surface area contributed by atoms with E-state index in [4.69, 9.17) is 9.15 Å². The van der Waals surface area contributed by atoms with Crippen molar-refractivity contribution < 1.29 is 14.1 Å². The lowest BCUT2D eigenvalue weighted by molar-refractivity contribution is -0.384. The number of fused-ring (bicyclic) bond motifs is 1. The number of furan rings is 1. The SMILES string of the molecule is COCc1ccc(CNc2nc3ccc([N+](=O)[O-])cc3s2)o1. The summed E-state index contributed by atoms with van der Waals surface area (Å²) in [5.74, 6) is 1.54. The third-order valence-electron chi connectivity index (χ3n) is 3.00. The van der Waals surface area contributed by atoms with Crippen LogP contribution in [-0.2, 0) is 17.9 Å². The van der Waals surface area contributed by atoms with Crippen LogP contribution >= 0.6 is 11.3 Å². The third-order valence-corrected chi connectivity index (χ3v) is 3.98. The highest BCUT2D eigenvalue weighted by molar-refractivity contribution is 7.22. The molecule has 1 N–H and O–H groups in total. The van der Waals surface area contributed by atoms with E-state index in [1.54, 1.807) is 13.2 Å². The zero-order chi connectivity index (χ0) is 15.5. The molecule has 0 saturated heterocycles. The molecule has 8 heteroatoms. The van der Waals surface area contributed by atoms with E-state index in [1.807, 2.05) is 12.1 Å². The Morgan fingerprint density at radius 1 is 1.36 bits per heavy atom. The second-order valence-corrected chi connectivity index (χ2v) is 5.61. The molecule has 0 radical (unpaired) electrons. The summed E-state index contributed by atoms with van der Waals surface area (Å²) in [5, 5.41) is 14.6. The molecule has 0 bridgehead atoms. The molecule has 7 nitrogen and oxygen atoms in total. The van der Waals surface area contributed by atoms with Crippen molar-refractivity contribution in [1.29, 1.82) is 0 Å². The molecular formula is C14H13N3O4S. The molecule has 0 saturated carbocycles. The van der Waals surface area contributed by atoms with Gasteiger partial charge < -0.3 is 14.5 Å². The van der Waals surface area contributed by atoms with Crippen molar-refractivity contribution in [3.05, 3.63) is 52.0 Å². The number of rotatable bonds is 6. The molecule has 0 aliphatic carbocycles. The first-order valence-corrected chi connectivity index (χ1v) is 7.33. The van der Waals surface area contributed by atoms with Crippen LogP contribution in [0.25, 0.3) is 10.2 Å². The van der Waals surface area contributed by atoms with E-state index in [9.17, 15) is 10.1 Å². The van der Waals surface area contributed by atoms with Gasteiger partial charge in [-0.2, -0.15) is 0 Å². The maximum absolute atomic E-state index is 10.8. The smallest absolute Gasteiger partial charge is 0.270 e. The van der Waals surface area contributed by atoms with Crippen LogP contribution in [0.1, 0.15) is 11.5 Å². The molecule has 0 atom stereocenters. The maximum Gasteiger partial charge on any atom is 0.270 e. The number of non-ortho nitro benzene ring substituents is 1. The highest BCUT2D eigenvalue weighted by Crippen LogP contribution is 2.29. The number of thiazole rings is 1. The van der Waals surface area contributed by atoms with Crippen LogP contribution in [0.5, 0.6) is 0 Å². The molecule has 3 rings (SSSR count). The number of nitrogens with one attached hydrogen (secondary N) is 1. The largest absolute Gasteiger partial charge is 0.462 e. The molecule has 2 aromatic heterocycles. The minimum atomic E-state index is -0.410. The Kier molecular flexibility index (Phi) is 4.03. The monoisotopic (exact) mass is 319 g/mol. The zero-order valence-electron chi connectivity index (χ0n) is 11.7. The molecular weight excluding hydrogens is 306 g/mol. The van der Waals surface area contributed by atoms with Gasteiger partial charge in [0.1, 0.15) is 18.1 Å². The lowest BCUT2D eigenvalue weighted by atomic mass is 10.3. The summed E-state index contributed by atoms with van der Waals surface area (Å²) in [6.45, 7) is 0.927. The quantitative estimate of drug-likeness (QED) is 0.552. The van der Waals surface area contributed by atoms with Gasteiger partial charge in [-0.15, -0.1) is 0 Å². The van der Waals surface area contributed by atoms with Gasteiger partial charge in [-0.25, -0.2) is 4.98 Å². The first-order valence-electron chi connectivity index (χ1n) is 6.51. The Hall–Kier alpha value is -2.45. The van der Waals surface area contributed by atoms with Crippen LogP contribution in [-0.4, -0.2) is 17.0 Å². The zero-order valence-corrected chi connectivity index (χ0v) is 12.6. The third kappa shape index (κ3) is 3.07. The van der Waals surface area contributed by atoms with Crippen molar-refractivity contribution in [2.45, 2.75) is 13.2 Å². The summed E-state index contributed by atoms with van der Waals surface area (Å²) in [7, 11) is 1.61. The first-order chi connectivity index (χ1) is 10.7. The highest BCUT2D eigenvalue weighted by Gasteiger charge is 2.10. The fourth-order valence-electron chi connectivity index (χ4n) is 2.00. The van der Waals surface area contributed by atoms with Crippen molar-refractivity contribution >= 4 is 32.4 Å². The van der Waals surface area contributed by atoms with Crippen LogP contribution in [0, 0.1) is 10.1 Å². The number of hydrogen-bond donors (Lipinski definition) is 1. The second kappa shape index (κ2) is 6.12.